The number of benzene rings is 2. The summed E-state index contributed by atoms with van der Waals surface area (Å²) in [5.74, 6) is 1.22. The lowest BCUT2D eigenvalue weighted by Crippen LogP contribution is -2.19. The Morgan fingerprint density at radius 3 is 2.44 bits per heavy atom. The number of nitrogens with one attached hydrogen (secondary N) is 1. The van der Waals surface area contributed by atoms with E-state index in [1.165, 1.54) is 17.3 Å². The summed E-state index contributed by atoms with van der Waals surface area (Å²) in [4.78, 5) is 17.4. The molecule has 5 nitrogen and oxygen atoms in total. The fourth-order valence-corrected chi connectivity index (χ4v) is 3.37. The number of aliphatic imine (C=N–C) groups is 1. The van der Waals surface area contributed by atoms with Crippen molar-refractivity contribution in [2.75, 3.05) is 13.2 Å². The van der Waals surface area contributed by atoms with Crippen molar-refractivity contribution < 1.29 is 14.3 Å². The highest BCUT2D eigenvalue weighted by molar-refractivity contribution is 8.18. The number of ether oxygens (including phenoxy) is 2. The average molecular weight is 382 g/mol. The van der Waals surface area contributed by atoms with Crippen molar-refractivity contribution in [3.05, 3.63) is 58.5 Å². The van der Waals surface area contributed by atoms with Gasteiger partial charge in [0.05, 0.1) is 23.8 Å². The number of amidine groups is 1. The van der Waals surface area contributed by atoms with Gasteiger partial charge < -0.3 is 14.8 Å². The Labute approximate surface area is 163 Å². The maximum absolute atomic E-state index is 12.3. The van der Waals surface area contributed by atoms with Crippen LogP contribution in [0.25, 0.3) is 6.08 Å². The quantitative estimate of drug-likeness (QED) is 0.737. The molecule has 0 aromatic heterocycles. The molecule has 0 unspecified atom stereocenters. The minimum absolute atomic E-state index is 0.155. The number of amides is 1. The molecule has 0 spiro atoms. The molecule has 1 aliphatic heterocycles. The largest absolute Gasteiger partial charge is 0.490 e. The summed E-state index contributed by atoms with van der Waals surface area (Å²) in [6.07, 6.45) is 1.83. The second-order valence-electron chi connectivity index (χ2n) is 5.89. The zero-order chi connectivity index (χ0) is 19.2. The van der Waals surface area contributed by atoms with E-state index < -0.39 is 0 Å². The summed E-state index contributed by atoms with van der Waals surface area (Å²) in [6, 6.07) is 13.5. The van der Waals surface area contributed by atoms with Crippen LogP contribution in [-0.2, 0) is 4.79 Å². The number of aryl methyl sites for hydroxylation is 1. The summed E-state index contributed by atoms with van der Waals surface area (Å²) in [5.41, 5.74) is 2.85. The van der Waals surface area contributed by atoms with Gasteiger partial charge in [0.15, 0.2) is 16.7 Å². The maximum atomic E-state index is 12.3. The molecule has 1 fully saturated rings. The highest BCUT2D eigenvalue weighted by Crippen LogP contribution is 2.32. The molecule has 140 valence electrons. The standard InChI is InChI=1S/C21H22N2O3S/c1-4-25-17-11-8-15(12-18(17)26-5-2)13-19-20(24)23-21(27-19)22-16-9-6-14(3)7-10-16/h6-13H,4-5H2,1-3H3,(H,22,23,24). The molecule has 0 saturated carbocycles. The summed E-state index contributed by atoms with van der Waals surface area (Å²) in [5, 5.41) is 3.38. The number of carbonyl (C=O) groups excluding carboxylic acids is 1. The van der Waals surface area contributed by atoms with E-state index in [1.807, 2.05) is 69.3 Å². The van der Waals surface area contributed by atoms with Crippen molar-refractivity contribution in [3.63, 3.8) is 0 Å². The van der Waals surface area contributed by atoms with E-state index in [9.17, 15) is 4.79 Å². The molecule has 2 aromatic carbocycles. The van der Waals surface area contributed by atoms with Crippen LogP contribution < -0.4 is 14.8 Å². The molecule has 27 heavy (non-hydrogen) atoms. The van der Waals surface area contributed by atoms with Crippen LogP contribution >= 0.6 is 11.8 Å². The third-order valence-electron chi connectivity index (χ3n) is 3.78. The first-order chi connectivity index (χ1) is 13.1. The zero-order valence-corrected chi connectivity index (χ0v) is 16.4. The van der Waals surface area contributed by atoms with Crippen molar-refractivity contribution in [1.82, 2.24) is 5.32 Å². The van der Waals surface area contributed by atoms with Gasteiger partial charge in [-0.1, -0.05) is 23.8 Å². The fourth-order valence-electron chi connectivity index (χ4n) is 2.53. The van der Waals surface area contributed by atoms with E-state index in [0.717, 1.165) is 11.3 Å². The van der Waals surface area contributed by atoms with E-state index in [4.69, 9.17) is 9.47 Å². The normalized spacial score (nSPS) is 16.6. The number of hydrogen-bond acceptors (Lipinski definition) is 5. The lowest BCUT2D eigenvalue weighted by Gasteiger charge is -2.11. The molecule has 1 aliphatic rings. The Morgan fingerprint density at radius 1 is 1.04 bits per heavy atom. The molecule has 0 atom stereocenters. The second kappa shape index (κ2) is 8.77. The van der Waals surface area contributed by atoms with Gasteiger partial charge in [-0.25, -0.2) is 4.99 Å². The van der Waals surface area contributed by atoms with Gasteiger partial charge in [-0.2, -0.15) is 0 Å². The van der Waals surface area contributed by atoms with Gasteiger partial charge in [-0.15, -0.1) is 0 Å². The van der Waals surface area contributed by atoms with Crippen LogP contribution in [0.4, 0.5) is 5.69 Å². The summed E-state index contributed by atoms with van der Waals surface area (Å²) in [7, 11) is 0. The molecule has 1 saturated heterocycles. The summed E-state index contributed by atoms with van der Waals surface area (Å²) in [6.45, 7) is 6.99. The maximum Gasteiger partial charge on any atom is 0.264 e. The number of nitrogens with zero attached hydrogens (tertiary/aromatic N) is 1. The highest BCUT2D eigenvalue weighted by atomic mass is 32.2. The second-order valence-corrected chi connectivity index (χ2v) is 6.92. The number of carbonyl (C=O) groups is 1. The molecule has 0 aliphatic carbocycles. The van der Waals surface area contributed by atoms with Gasteiger partial charge in [0.2, 0.25) is 0 Å². The highest BCUT2D eigenvalue weighted by Gasteiger charge is 2.24. The topological polar surface area (TPSA) is 59.9 Å². The van der Waals surface area contributed by atoms with E-state index in [0.29, 0.717) is 34.8 Å². The Hall–Kier alpha value is -2.73. The van der Waals surface area contributed by atoms with Gasteiger partial charge >= 0.3 is 0 Å². The molecule has 6 heteroatoms. The monoisotopic (exact) mass is 382 g/mol. The lowest BCUT2D eigenvalue weighted by atomic mass is 10.2. The molecule has 1 amide bonds. The molecular weight excluding hydrogens is 360 g/mol. The first-order valence-electron chi connectivity index (χ1n) is 8.85. The SMILES string of the molecule is CCOc1ccc(C=C2SC(=Nc3ccc(C)cc3)NC2=O)cc1OCC. The van der Waals surface area contributed by atoms with E-state index in [-0.39, 0.29) is 5.91 Å². The van der Waals surface area contributed by atoms with Gasteiger partial charge in [0.25, 0.3) is 5.91 Å². The first kappa shape index (κ1) is 19.0. The van der Waals surface area contributed by atoms with Gasteiger partial charge in [0.1, 0.15) is 0 Å². The van der Waals surface area contributed by atoms with Crippen LogP contribution in [0.2, 0.25) is 0 Å². The fraction of sp³-hybridized carbons (Fsp3) is 0.238. The van der Waals surface area contributed by atoms with Crippen molar-refractivity contribution in [1.29, 1.82) is 0 Å². The number of rotatable bonds is 6. The van der Waals surface area contributed by atoms with Crippen LogP contribution in [-0.4, -0.2) is 24.3 Å². The van der Waals surface area contributed by atoms with E-state index >= 15 is 0 Å². The van der Waals surface area contributed by atoms with Crippen molar-refractivity contribution in [3.8, 4) is 11.5 Å². The zero-order valence-electron chi connectivity index (χ0n) is 15.6. The summed E-state index contributed by atoms with van der Waals surface area (Å²) >= 11 is 1.32. The van der Waals surface area contributed by atoms with Crippen LogP contribution in [0.15, 0.2) is 52.4 Å². The van der Waals surface area contributed by atoms with Crippen molar-refractivity contribution >= 4 is 34.6 Å². The van der Waals surface area contributed by atoms with Gasteiger partial charge in [-0.05, 0) is 68.4 Å². The smallest absolute Gasteiger partial charge is 0.264 e. The predicted octanol–water partition coefficient (Wildman–Crippen LogP) is 4.68. The number of hydrogen-bond donors (Lipinski definition) is 1. The Morgan fingerprint density at radius 2 is 1.74 bits per heavy atom. The van der Waals surface area contributed by atoms with Crippen LogP contribution in [0, 0.1) is 6.92 Å². The van der Waals surface area contributed by atoms with E-state index in [1.54, 1.807) is 0 Å². The van der Waals surface area contributed by atoms with Gasteiger partial charge in [0, 0.05) is 0 Å². The Kier molecular flexibility index (Phi) is 6.19. The van der Waals surface area contributed by atoms with Crippen molar-refractivity contribution in [2.24, 2.45) is 4.99 Å². The third-order valence-corrected chi connectivity index (χ3v) is 4.69. The van der Waals surface area contributed by atoms with Crippen LogP contribution in [0.1, 0.15) is 25.0 Å². The molecule has 1 N–H and O–H groups in total. The van der Waals surface area contributed by atoms with Crippen LogP contribution in [0.3, 0.4) is 0 Å². The minimum atomic E-state index is -0.155. The average Bonchev–Trinajstić information content (AvgIpc) is 2.98. The molecule has 0 bridgehead atoms. The van der Waals surface area contributed by atoms with Crippen LogP contribution in [0.5, 0.6) is 11.5 Å². The Balaban J connectivity index is 1.81. The third kappa shape index (κ3) is 4.92. The Bertz CT molecular complexity index is 889. The predicted molar refractivity (Wildman–Crippen MR) is 111 cm³/mol. The molecule has 3 rings (SSSR count). The van der Waals surface area contributed by atoms with Gasteiger partial charge in [-0.3, -0.25) is 4.79 Å². The molecule has 1 heterocycles. The summed E-state index contributed by atoms with van der Waals surface area (Å²) < 4.78 is 11.2. The molecular formula is C21H22N2O3S. The molecule has 0 radical (unpaired) electrons. The first-order valence-corrected chi connectivity index (χ1v) is 9.66. The lowest BCUT2D eigenvalue weighted by molar-refractivity contribution is -0.115. The number of thioether (sulfide) groups is 1. The molecule has 2 aromatic rings. The minimum Gasteiger partial charge on any atom is -0.490 e. The van der Waals surface area contributed by atoms with Crippen molar-refractivity contribution in [2.45, 2.75) is 20.8 Å². The van der Waals surface area contributed by atoms with E-state index in [2.05, 4.69) is 10.3 Å².